The number of methoxy groups -OCH3 is 1. The third-order valence-electron chi connectivity index (χ3n) is 3.10. The number of hydrogen-bond donors (Lipinski definition) is 1. The number of halogens is 1. The molecule has 0 radical (unpaired) electrons. The van der Waals surface area contributed by atoms with E-state index in [4.69, 9.17) is 14.2 Å². The highest BCUT2D eigenvalue weighted by Gasteiger charge is 2.17. The molecule has 118 valence electrons. The van der Waals surface area contributed by atoms with Crippen LogP contribution >= 0.6 is 15.9 Å². The molecule has 4 nitrogen and oxygen atoms in total. The van der Waals surface area contributed by atoms with E-state index in [2.05, 4.69) is 15.9 Å². The second-order valence-electron chi connectivity index (χ2n) is 4.54. The molecule has 0 amide bonds. The highest BCUT2D eigenvalue weighted by atomic mass is 79.9. The lowest BCUT2D eigenvalue weighted by Gasteiger charge is -2.21. The first kappa shape index (κ1) is 16.6. The summed E-state index contributed by atoms with van der Waals surface area (Å²) in [6.07, 6.45) is -0.405. The van der Waals surface area contributed by atoms with E-state index in [9.17, 15) is 5.11 Å². The molecule has 0 heterocycles. The second-order valence-corrected chi connectivity index (χ2v) is 5.19. The zero-order valence-corrected chi connectivity index (χ0v) is 14.2. The van der Waals surface area contributed by atoms with Gasteiger partial charge in [0.25, 0.3) is 0 Å². The molecule has 1 unspecified atom stereocenters. The van der Waals surface area contributed by atoms with Crippen molar-refractivity contribution in [2.75, 3.05) is 19.0 Å². The summed E-state index contributed by atoms with van der Waals surface area (Å²) >= 11 is 3.39. The standard InChI is InChI=1S/C17H19BrO4/c1-3-21-16(11-18)22-17-14(5-4-6-15(17)20-2)12-7-9-13(19)10-8-12/h4-10,16,19H,3,11H2,1-2H3. The molecule has 0 aliphatic rings. The van der Waals surface area contributed by atoms with E-state index < -0.39 is 6.29 Å². The Kier molecular flexibility index (Phi) is 6.10. The van der Waals surface area contributed by atoms with Crippen molar-refractivity contribution in [2.24, 2.45) is 0 Å². The van der Waals surface area contributed by atoms with Gasteiger partial charge in [-0.3, -0.25) is 0 Å². The Morgan fingerprint density at radius 3 is 2.45 bits per heavy atom. The summed E-state index contributed by atoms with van der Waals surface area (Å²) in [7, 11) is 1.60. The van der Waals surface area contributed by atoms with Crippen molar-refractivity contribution >= 4 is 15.9 Å². The molecule has 2 aromatic rings. The van der Waals surface area contributed by atoms with Crippen LogP contribution in [0, 0.1) is 0 Å². The van der Waals surface area contributed by atoms with Crippen LogP contribution in [0.3, 0.4) is 0 Å². The van der Waals surface area contributed by atoms with Crippen molar-refractivity contribution in [3.05, 3.63) is 42.5 Å². The lowest BCUT2D eigenvalue weighted by molar-refractivity contribution is -0.0576. The van der Waals surface area contributed by atoms with Gasteiger partial charge in [-0.2, -0.15) is 0 Å². The predicted octanol–water partition coefficient (Wildman–Crippen LogP) is 4.20. The molecule has 2 aromatic carbocycles. The first-order chi connectivity index (χ1) is 10.7. The normalized spacial score (nSPS) is 12.0. The highest BCUT2D eigenvalue weighted by molar-refractivity contribution is 9.09. The molecule has 0 aliphatic carbocycles. The van der Waals surface area contributed by atoms with E-state index in [1.165, 1.54) is 0 Å². The monoisotopic (exact) mass is 366 g/mol. The Labute approximate surface area is 138 Å². The summed E-state index contributed by atoms with van der Waals surface area (Å²) in [6, 6.07) is 12.6. The Balaban J connectivity index is 2.43. The predicted molar refractivity (Wildman–Crippen MR) is 89.9 cm³/mol. The third kappa shape index (κ3) is 3.93. The van der Waals surface area contributed by atoms with Gasteiger partial charge in [0, 0.05) is 12.2 Å². The van der Waals surface area contributed by atoms with Crippen LogP contribution < -0.4 is 9.47 Å². The molecule has 0 bridgehead atoms. The fourth-order valence-corrected chi connectivity index (χ4v) is 2.41. The fraction of sp³-hybridized carbons (Fsp3) is 0.294. The van der Waals surface area contributed by atoms with Crippen LogP contribution in [0.25, 0.3) is 11.1 Å². The number of rotatable bonds is 7. The first-order valence-corrected chi connectivity index (χ1v) is 8.12. The summed E-state index contributed by atoms with van der Waals surface area (Å²) in [4.78, 5) is 0. The smallest absolute Gasteiger partial charge is 0.209 e. The van der Waals surface area contributed by atoms with Crippen LogP contribution in [0.4, 0.5) is 0 Å². The van der Waals surface area contributed by atoms with Crippen molar-refractivity contribution in [1.29, 1.82) is 0 Å². The van der Waals surface area contributed by atoms with Crippen LogP contribution in [-0.2, 0) is 4.74 Å². The van der Waals surface area contributed by atoms with E-state index >= 15 is 0 Å². The maximum atomic E-state index is 9.44. The molecule has 0 fully saturated rings. The molecule has 5 heteroatoms. The largest absolute Gasteiger partial charge is 0.508 e. The van der Waals surface area contributed by atoms with Gasteiger partial charge in [0.05, 0.1) is 12.4 Å². The summed E-state index contributed by atoms with van der Waals surface area (Å²) < 4.78 is 16.9. The summed E-state index contributed by atoms with van der Waals surface area (Å²) in [5, 5.41) is 9.99. The second kappa shape index (κ2) is 8.06. The minimum Gasteiger partial charge on any atom is -0.508 e. The van der Waals surface area contributed by atoms with Crippen LogP contribution in [0.1, 0.15) is 6.92 Å². The molecule has 0 aromatic heterocycles. The third-order valence-corrected chi connectivity index (χ3v) is 3.63. The van der Waals surface area contributed by atoms with Crippen LogP contribution in [0.5, 0.6) is 17.2 Å². The number of phenolic OH excluding ortho intramolecular Hbond substituents is 1. The SMILES string of the molecule is CCOC(CBr)Oc1c(OC)cccc1-c1ccc(O)cc1. The number of hydrogen-bond acceptors (Lipinski definition) is 4. The minimum atomic E-state index is -0.405. The molecule has 0 saturated heterocycles. The molecule has 0 aliphatic heterocycles. The number of benzene rings is 2. The average Bonchev–Trinajstić information content (AvgIpc) is 2.55. The van der Waals surface area contributed by atoms with Crippen molar-refractivity contribution in [1.82, 2.24) is 0 Å². The molecular formula is C17H19BrO4. The molecule has 2 rings (SSSR count). The summed E-state index contributed by atoms with van der Waals surface area (Å²) in [6.45, 7) is 2.47. The number of ether oxygens (including phenoxy) is 3. The highest BCUT2D eigenvalue weighted by Crippen LogP contribution is 2.39. The van der Waals surface area contributed by atoms with Gasteiger partial charge in [-0.25, -0.2) is 0 Å². The Morgan fingerprint density at radius 1 is 1.14 bits per heavy atom. The quantitative estimate of drug-likeness (QED) is 0.589. The van der Waals surface area contributed by atoms with E-state index in [0.717, 1.165) is 11.1 Å². The fourth-order valence-electron chi connectivity index (χ4n) is 2.09. The zero-order chi connectivity index (χ0) is 15.9. The maximum absolute atomic E-state index is 9.44. The van der Waals surface area contributed by atoms with Gasteiger partial charge in [0.15, 0.2) is 11.5 Å². The molecule has 1 N–H and O–H groups in total. The molecule has 22 heavy (non-hydrogen) atoms. The minimum absolute atomic E-state index is 0.224. The summed E-state index contributed by atoms with van der Waals surface area (Å²) in [5.41, 5.74) is 1.81. The van der Waals surface area contributed by atoms with E-state index in [0.29, 0.717) is 23.4 Å². The van der Waals surface area contributed by atoms with Crippen LogP contribution in [-0.4, -0.2) is 30.4 Å². The number of para-hydroxylation sites is 1. The van der Waals surface area contributed by atoms with Gasteiger partial charge in [0.2, 0.25) is 6.29 Å². The van der Waals surface area contributed by atoms with Gasteiger partial charge in [0.1, 0.15) is 5.75 Å². The molecule has 0 saturated carbocycles. The molecule has 0 spiro atoms. The Morgan fingerprint density at radius 2 is 1.86 bits per heavy atom. The topological polar surface area (TPSA) is 47.9 Å². The van der Waals surface area contributed by atoms with E-state index in [1.807, 2.05) is 37.3 Å². The van der Waals surface area contributed by atoms with Crippen LogP contribution in [0.2, 0.25) is 0 Å². The van der Waals surface area contributed by atoms with E-state index in [-0.39, 0.29) is 5.75 Å². The average molecular weight is 367 g/mol. The lowest BCUT2D eigenvalue weighted by Crippen LogP contribution is -2.22. The Hall–Kier alpha value is -1.72. The van der Waals surface area contributed by atoms with Gasteiger partial charge in [-0.1, -0.05) is 40.2 Å². The molecular weight excluding hydrogens is 348 g/mol. The van der Waals surface area contributed by atoms with Crippen molar-refractivity contribution < 1.29 is 19.3 Å². The lowest BCUT2D eigenvalue weighted by atomic mass is 10.0. The number of phenols is 1. The Bertz CT molecular complexity index is 598. The number of aromatic hydroxyl groups is 1. The van der Waals surface area contributed by atoms with Gasteiger partial charge < -0.3 is 19.3 Å². The zero-order valence-electron chi connectivity index (χ0n) is 12.6. The van der Waals surface area contributed by atoms with E-state index in [1.54, 1.807) is 19.2 Å². The van der Waals surface area contributed by atoms with Gasteiger partial charge in [-0.05, 0) is 30.7 Å². The van der Waals surface area contributed by atoms with Crippen molar-refractivity contribution in [2.45, 2.75) is 13.2 Å². The first-order valence-electron chi connectivity index (χ1n) is 7.00. The van der Waals surface area contributed by atoms with Gasteiger partial charge in [-0.15, -0.1) is 0 Å². The number of alkyl halides is 1. The van der Waals surface area contributed by atoms with Crippen molar-refractivity contribution in [3.8, 4) is 28.4 Å². The maximum Gasteiger partial charge on any atom is 0.209 e. The van der Waals surface area contributed by atoms with Gasteiger partial charge >= 0.3 is 0 Å². The molecule has 1 atom stereocenters. The summed E-state index contributed by atoms with van der Waals surface area (Å²) in [5.74, 6) is 1.48. The van der Waals surface area contributed by atoms with Crippen LogP contribution in [0.15, 0.2) is 42.5 Å². The van der Waals surface area contributed by atoms with Crippen molar-refractivity contribution in [3.63, 3.8) is 0 Å².